The van der Waals surface area contributed by atoms with Crippen molar-refractivity contribution in [1.29, 1.82) is 0 Å². The van der Waals surface area contributed by atoms with Crippen LogP contribution in [0.25, 0.3) is 0 Å². The molecule has 0 aromatic heterocycles. The molecule has 2 atom stereocenters. The zero-order valence-electron chi connectivity index (χ0n) is 8.31. The van der Waals surface area contributed by atoms with Crippen LogP contribution >= 0.6 is 0 Å². The summed E-state index contributed by atoms with van der Waals surface area (Å²) >= 11 is 0. The molecule has 1 aromatic rings. The van der Waals surface area contributed by atoms with Gasteiger partial charge in [-0.3, -0.25) is 0 Å². The molecular formula is C11H13NO2. The van der Waals surface area contributed by atoms with E-state index in [1.165, 1.54) is 0 Å². The predicted molar refractivity (Wildman–Crippen MR) is 52.9 cm³/mol. The Bertz CT molecular complexity index is 336. The topological polar surface area (TPSA) is 29.5 Å². The summed E-state index contributed by atoms with van der Waals surface area (Å²) in [5, 5.41) is 0. The minimum atomic E-state index is -0.244. The Morgan fingerprint density at radius 3 is 2.43 bits per heavy atom. The molecular weight excluding hydrogens is 178 g/mol. The summed E-state index contributed by atoms with van der Waals surface area (Å²) in [5.41, 5.74) is 1.05. The molecule has 0 aliphatic carbocycles. The van der Waals surface area contributed by atoms with E-state index in [0.29, 0.717) is 0 Å². The van der Waals surface area contributed by atoms with Crippen LogP contribution in [0.15, 0.2) is 30.3 Å². The summed E-state index contributed by atoms with van der Waals surface area (Å²) < 4.78 is 5.26. The van der Waals surface area contributed by atoms with Crippen LogP contribution in [-0.2, 0) is 4.74 Å². The number of ether oxygens (including phenoxy) is 1. The molecule has 0 bridgehead atoms. The van der Waals surface area contributed by atoms with Gasteiger partial charge in [0, 0.05) is 7.05 Å². The maximum absolute atomic E-state index is 11.3. The van der Waals surface area contributed by atoms with E-state index in [2.05, 4.69) is 0 Å². The second-order valence-electron chi connectivity index (χ2n) is 3.57. The first-order valence-electron chi connectivity index (χ1n) is 4.68. The van der Waals surface area contributed by atoms with Crippen molar-refractivity contribution in [3.05, 3.63) is 35.9 Å². The van der Waals surface area contributed by atoms with Crippen molar-refractivity contribution >= 4 is 6.09 Å². The van der Waals surface area contributed by atoms with Crippen LogP contribution in [0, 0.1) is 0 Å². The third-order valence-corrected chi connectivity index (χ3v) is 2.69. The average molecular weight is 191 g/mol. The van der Waals surface area contributed by atoms with Crippen molar-refractivity contribution in [2.45, 2.75) is 19.1 Å². The quantitative estimate of drug-likeness (QED) is 0.681. The molecule has 3 heteroatoms. The van der Waals surface area contributed by atoms with Crippen molar-refractivity contribution in [1.82, 2.24) is 4.90 Å². The first kappa shape index (κ1) is 9.06. The van der Waals surface area contributed by atoms with Gasteiger partial charge in [-0.05, 0) is 12.5 Å². The van der Waals surface area contributed by atoms with Crippen LogP contribution in [0.5, 0.6) is 0 Å². The van der Waals surface area contributed by atoms with Crippen molar-refractivity contribution in [2.75, 3.05) is 7.05 Å². The average Bonchev–Trinajstić information content (AvgIpc) is 2.47. The molecule has 0 saturated carbocycles. The summed E-state index contributed by atoms with van der Waals surface area (Å²) in [6.45, 7) is 1.99. The fourth-order valence-electron chi connectivity index (χ4n) is 1.65. The molecule has 0 N–H and O–H groups in total. The lowest BCUT2D eigenvalue weighted by atomic mass is 10.0. The molecule has 1 heterocycles. The fraction of sp³-hybridized carbons (Fsp3) is 0.364. The lowest BCUT2D eigenvalue weighted by Gasteiger charge is -2.16. The number of hydrogen-bond donors (Lipinski definition) is 0. The second kappa shape index (κ2) is 3.33. The molecule has 1 aliphatic heterocycles. The highest BCUT2D eigenvalue weighted by atomic mass is 16.6. The van der Waals surface area contributed by atoms with Gasteiger partial charge in [0.25, 0.3) is 0 Å². The van der Waals surface area contributed by atoms with Crippen LogP contribution in [0.1, 0.15) is 18.6 Å². The Morgan fingerprint density at radius 2 is 1.93 bits per heavy atom. The summed E-state index contributed by atoms with van der Waals surface area (Å²) in [5.74, 6) is 0. The third kappa shape index (κ3) is 1.35. The molecule has 1 aliphatic rings. The van der Waals surface area contributed by atoms with Gasteiger partial charge in [-0.15, -0.1) is 0 Å². The third-order valence-electron chi connectivity index (χ3n) is 2.69. The molecule has 0 radical (unpaired) electrons. The van der Waals surface area contributed by atoms with E-state index in [1.807, 2.05) is 37.3 Å². The Labute approximate surface area is 83.3 Å². The van der Waals surface area contributed by atoms with Crippen molar-refractivity contribution in [3.63, 3.8) is 0 Å². The molecule has 0 unspecified atom stereocenters. The second-order valence-corrected chi connectivity index (χ2v) is 3.57. The smallest absolute Gasteiger partial charge is 0.410 e. The van der Waals surface area contributed by atoms with Crippen LogP contribution in [0.2, 0.25) is 0 Å². The monoisotopic (exact) mass is 191 g/mol. The number of cyclic esters (lactones) is 1. The van der Waals surface area contributed by atoms with E-state index in [0.717, 1.165) is 5.56 Å². The highest BCUT2D eigenvalue weighted by molar-refractivity contribution is 5.70. The Morgan fingerprint density at radius 1 is 1.29 bits per heavy atom. The summed E-state index contributed by atoms with van der Waals surface area (Å²) in [6.07, 6.45) is -0.375. The first-order valence-corrected chi connectivity index (χ1v) is 4.68. The first-order chi connectivity index (χ1) is 6.70. The highest BCUT2D eigenvalue weighted by Crippen LogP contribution is 2.30. The minimum absolute atomic E-state index is 0.102. The number of carbonyl (C=O) groups is 1. The van der Waals surface area contributed by atoms with Crippen LogP contribution < -0.4 is 0 Å². The Hall–Kier alpha value is -1.51. The van der Waals surface area contributed by atoms with Gasteiger partial charge in [-0.2, -0.15) is 0 Å². The Kier molecular flexibility index (Phi) is 2.15. The molecule has 14 heavy (non-hydrogen) atoms. The van der Waals surface area contributed by atoms with E-state index in [4.69, 9.17) is 4.74 Å². The number of hydrogen-bond acceptors (Lipinski definition) is 2. The summed E-state index contributed by atoms with van der Waals surface area (Å²) in [7, 11) is 1.76. The van der Waals surface area contributed by atoms with Crippen LogP contribution in [0.4, 0.5) is 4.79 Å². The van der Waals surface area contributed by atoms with Crippen LogP contribution in [0.3, 0.4) is 0 Å². The number of carbonyl (C=O) groups excluding carboxylic acids is 1. The minimum Gasteiger partial charge on any atom is -0.439 e. The number of likely N-dealkylation sites (N-methyl/N-ethyl adjacent to an activating group) is 1. The normalized spacial score (nSPS) is 26.4. The van der Waals surface area contributed by atoms with Gasteiger partial charge in [0.1, 0.15) is 6.10 Å². The molecule has 1 fully saturated rings. The van der Waals surface area contributed by atoms with Gasteiger partial charge < -0.3 is 9.64 Å². The maximum atomic E-state index is 11.3. The van der Waals surface area contributed by atoms with E-state index in [1.54, 1.807) is 11.9 Å². The molecule has 74 valence electrons. The lowest BCUT2D eigenvalue weighted by molar-refractivity contribution is 0.131. The standard InChI is InChI=1S/C11H13NO2/c1-8-10(14-11(13)12(8)2)9-6-4-3-5-7-9/h3-8,10H,1-2H3/t8-,10-/m0/s1. The van der Waals surface area contributed by atoms with Crippen molar-refractivity contribution in [2.24, 2.45) is 0 Å². The van der Waals surface area contributed by atoms with Gasteiger partial charge in [0.2, 0.25) is 0 Å². The van der Waals surface area contributed by atoms with E-state index >= 15 is 0 Å². The number of rotatable bonds is 1. The highest BCUT2D eigenvalue weighted by Gasteiger charge is 2.36. The van der Waals surface area contributed by atoms with Crippen molar-refractivity contribution < 1.29 is 9.53 Å². The SMILES string of the molecule is C[C@H]1[C@@H](c2ccccc2)OC(=O)N1C. The predicted octanol–water partition coefficient (Wildman–Crippen LogP) is 2.20. The fourth-order valence-corrected chi connectivity index (χ4v) is 1.65. The zero-order chi connectivity index (χ0) is 10.1. The molecule has 2 rings (SSSR count). The zero-order valence-corrected chi connectivity index (χ0v) is 8.31. The maximum Gasteiger partial charge on any atom is 0.410 e. The number of benzene rings is 1. The molecule has 1 aromatic carbocycles. The van der Waals surface area contributed by atoms with Gasteiger partial charge >= 0.3 is 6.09 Å². The largest absolute Gasteiger partial charge is 0.439 e. The number of nitrogens with zero attached hydrogens (tertiary/aromatic N) is 1. The van der Waals surface area contributed by atoms with E-state index < -0.39 is 0 Å². The van der Waals surface area contributed by atoms with Crippen molar-refractivity contribution in [3.8, 4) is 0 Å². The summed E-state index contributed by atoms with van der Waals surface area (Å²) in [6, 6.07) is 9.92. The Balaban J connectivity index is 2.26. The van der Waals surface area contributed by atoms with Crippen LogP contribution in [-0.4, -0.2) is 24.1 Å². The van der Waals surface area contributed by atoms with Gasteiger partial charge in [-0.1, -0.05) is 30.3 Å². The van der Waals surface area contributed by atoms with E-state index in [9.17, 15) is 4.79 Å². The van der Waals surface area contributed by atoms with Gasteiger partial charge in [0.05, 0.1) is 6.04 Å². The summed E-state index contributed by atoms with van der Waals surface area (Å²) in [4.78, 5) is 12.9. The number of amides is 1. The molecule has 3 nitrogen and oxygen atoms in total. The molecule has 1 amide bonds. The van der Waals surface area contributed by atoms with Gasteiger partial charge in [0.15, 0.2) is 0 Å². The molecule has 0 spiro atoms. The van der Waals surface area contributed by atoms with E-state index in [-0.39, 0.29) is 18.2 Å². The van der Waals surface area contributed by atoms with Gasteiger partial charge in [-0.25, -0.2) is 4.79 Å². The lowest BCUT2D eigenvalue weighted by Crippen LogP contribution is -2.27. The molecule has 1 saturated heterocycles.